The number of oxime groups is 1. The average Bonchev–Trinajstić information content (AvgIpc) is 2.06. The molecule has 57 valence electrons. The van der Waals surface area contributed by atoms with E-state index in [4.69, 9.17) is 5.21 Å². The average molecular weight is 148 g/mol. The molecule has 0 aromatic heterocycles. The molecule has 0 aliphatic heterocycles. The molecule has 0 bridgehead atoms. The SMILES string of the molecule is CCc1c[c]ccc1/C=N\O. The lowest BCUT2D eigenvalue weighted by Crippen LogP contribution is -1.89. The van der Waals surface area contributed by atoms with Crippen molar-refractivity contribution in [2.45, 2.75) is 13.3 Å². The number of benzene rings is 1. The Morgan fingerprint density at radius 3 is 3.18 bits per heavy atom. The Kier molecular flexibility index (Phi) is 2.66. The lowest BCUT2D eigenvalue weighted by Gasteiger charge is -1.98. The fourth-order valence-electron chi connectivity index (χ4n) is 0.971. The summed E-state index contributed by atoms with van der Waals surface area (Å²) in [6.07, 6.45) is 2.37. The molecular weight excluding hydrogens is 138 g/mol. The van der Waals surface area contributed by atoms with Gasteiger partial charge in [-0.2, -0.15) is 0 Å². The minimum absolute atomic E-state index is 0.929. The lowest BCUT2D eigenvalue weighted by atomic mass is 10.1. The highest BCUT2D eigenvalue weighted by molar-refractivity contribution is 5.81. The van der Waals surface area contributed by atoms with Crippen molar-refractivity contribution in [1.82, 2.24) is 0 Å². The van der Waals surface area contributed by atoms with E-state index in [2.05, 4.69) is 18.1 Å². The maximum atomic E-state index is 8.30. The van der Waals surface area contributed by atoms with E-state index < -0.39 is 0 Å². The summed E-state index contributed by atoms with van der Waals surface area (Å²) in [4.78, 5) is 0. The van der Waals surface area contributed by atoms with Crippen LogP contribution in [0.4, 0.5) is 0 Å². The second kappa shape index (κ2) is 3.76. The number of nitrogens with zero attached hydrogens (tertiary/aromatic N) is 1. The molecule has 1 rings (SSSR count). The topological polar surface area (TPSA) is 32.6 Å². The number of aryl methyl sites for hydroxylation is 1. The van der Waals surface area contributed by atoms with Gasteiger partial charge in [-0.05, 0) is 23.6 Å². The number of rotatable bonds is 2. The summed E-state index contributed by atoms with van der Waals surface area (Å²) in [5.41, 5.74) is 2.10. The van der Waals surface area contributed by atoms with E-state index in [1.165, 1.54) is 6.21 Å². The van der Waals surface area contributed by atoms with Gasteiger partial charge in [-0.3, -0.25) is 0 Å². The van der Waals surface area contributed by atoms with E-state index >= 15 is 0 Å². The van der Waals surface area contributed by atoms with Crippen molar-refractivity contribution < 1.29 is 5.21 Å². The molecule has 1 aromatic rings. The largest absolute Gasteiger partial charge is 0.411 e. The Bertz CT molecular complexity index is 255. The summed E-state index contributed by atoms with van der Waals surface area (Å²) in [7, 11) is 0. The summed E-state index contributed by atoms with van der Waals surface area (Å²) < 4.78 is 0. The predicted octanol–water partition coefficient (Wildman–Crippen LogP) is 1.86. The molecule has 1 N–H and O–H groups in total. The lowest BCUT2D eigenvalue weighted by molar-refractivity contribution is 0.322. The molecule has 0 amide bonds. The maximum Gasteiger partial charge on any atom is 0.0736 e. The molecular formula is C9H10NO. The van der Waals surface area contributed by atoms with Crippen molar-refractivity contribution in [1.29, 1.82) is 0 Å². The van der Waals surface area contributed by atoms with Gasteiger partial charge in [0, 0.05) is 0 Å². The van der Waals surface area contributed by atoms with Crippen LogP contribution in [0.25, 0.3) is 0 Å². The summed E-state index contributed by atoms with van der Waals surface area (Å²) in [6, 6.07) is 8.54. The predicted molar refractivity (Wildman–Crippen MR) is 44.0 cm³/mol. The fraction of sp³-hybridized carbons (Fsp3) is 0.222. The van der Waals surface area contributed by atoms with Gasteiger partial charge in [0.15, 0.2) is 0 Å². The molecule has 0 saturated heterocycles. The zero-order valence-electron chi connectivity index (χ0n) is 6.41. The van der Waals surface area contributed by atoms with Crippen LogP contribution in [0.3, 0.4) is 0 Å². The summed E-state index contributed by atoms with van der Waals surface area (Å²) in [5, 5.41) is 11.3. The highest BCUT2D eigenvalue weighted by Gasteiger charge is 1.94. The molecule has 11 heavy (non-hydrogen) atoms. The van der Waals surface area contributed by atoms with Crippen LogP contribution in [0.15, 0.2) is 23.4 Å². The fourth-order valence-corrected chi connectivity index (χ4v) is 0.971. The van der Waals surface area contributed by atoms with Gasteiger partial charge >= 0.3 is 0 Å². The first-order valence-corrected chi connectivity index (χ1v) is 3.55. The molecule has 0 aliphatic rings. The molecule has 0 heterocycles. The zero-order valence-corrected chi connectivity index (χ0v) is 6.41. The van der Waals surface area contributed by atoms with Crippen molar-refractivity contribution in [2.24, 2.45) is 5.16 Å². The van der Waals surface area contributed by atoms with Crippen LogP contribution in [0.5, 0.6) is 0 Å². The molecule has 0 fully saturated rings. The van der Waals surface area contributed by atoms with Gasteiger partial charge in [0.25, 0.3) is 0 Å². The first-order valence-electron chi connectivity index (χ1n) is 3.55. The number of hydrogen-bond acceptors (Lipinski definition) is 2. The van der Waals surface area contributed by atoms with Crippen molar-refractivity contribution >= 4 is 6.21 Å². The van der Waals surface area contributed by atoms with Gasteiger partial charge in [0.2, 0.25) is 0 Å². The third kappa shape index (κ3) is 1.80. The highest BCUT2D eigenvalue weighted by Crippen LogP contribution is 2.05. The Morgan fingerprint density at radius 2 is 2.55 bits per heavy atom. The second-order valence-corrected chi connectivity index (χ2v) is 2.22. The summed E-state index contributed by atoms with van der Waals surface area (Å²) in [6.45, 7) is 2.05. The number of hydrogen-bond donors (Lipinski definition) is 1. The van der Waals surface area contributed by atoms with Gasteiger partial charge in [-0.25, -0.2) is 0 Å². The van der Waals surface area contributed by atoms with E-state index in [0.29, 0.717) is 0 Å². The van der Waals surface area contributed by atoms with Gasteiger partial charge in [0.1, 0.15) is 0 Å². The molecule has 0 saturated carbocycles. The Labute approximate surface area is 66.2 Å². The van der Waals surface area contributed by atoms with Crippen LogP contribution in [0.2, 0.25) is 0 Å². The molecule has 0 unspecified atom stereocenters. The summed E-state index contributed by atoms with van der Waals surface area (Å²) >= 11 is 0. The van der Waals surface area contributed by atoms with Crippen LogP contribution in [0, 0.1) is 6.07 Å². The maximum absolute atomic E-state index is 8.30. The first-order chi connectivity index (χ1) is 5.38. The van der Waals surface area contributed by atoms with Crippen molar-refractivity contribution in [2.75, 3.05) is 0 Å². The molecule has 0 atom stereocenters. The minimum Gasteiger partial charge on any atom is -0.411 e. The Balaban J connectivity index is 3.02. The minimum atomic E-state index is 0.929. The third-order valence-electron chi connectivity index (χ3n) is 1.57. The Hall–Kier alpha value is -1.31. The van der Waals surface area contributed by atoms with E-state index in [9.17, 15) is 0 Å². The van der Waals surface area contributed by atoms with E-state index in [1.54, 1.807) is 6.07 Å². The van der Waals surface area contributed by atoms with Crippen LogP contribution in [-0.4, -0.2) is 11.4 Å². The normalized spacial score (nSPS) is 10.6. The van der Waals surface area contributed by atoms with Crippen molar-refractivity contribution in [3.8, 4) is 0 Å². The van der Waals surface area contributed by atoms with E-state index in [-0.39, 0.29) is 0 Å². The van der Waals surface area contributed by atoms with Gasteiger partial charge in [0.05, 0.1) is 6.21 Å². The van der Waals surface area contributed by atoms with Crippen molar-refractivity contribution in [3.05, 3.63) is 35.4 Å². The monoisotopic (exact) mass is 148 g/mol. The Morgan fingerprint density at radius 1 is 1.73 bits per heavy atom. The smallest absolute Gasteiger partial charge is 0.0736 e. The van der Waals surface area contributed by atoms with E-state index in [0.717, 1.165) is 17.5 Å². The van der Waals surface area contributed by atoms with Crippen LogP contribution in [0.1, 0.15) is 18.1 Å². The van der Waals surface area contributed by atoms with Gasteiger partial charge in [-0.1, -0.05) is 30.3 Å². The van der Waals surface area contributed by atoms with Crippen molar-refractivity contribution in [3.63, 3.8) is 0 Å². The molecule has 1 aromatic carbocycles. The zero-order chi connectivity index (χ0) is 8.10. The summed E-state index contributed by atoms with van der Waals surface area (Å²) in [5.74, 6) is 0. The van der Waals surface area contributed by atoms with Crippen LogP contribution in [-0.2, 0) is 6.42 Å². The van der Waals surface area contributed by atoms with E-state index in [1.807, 2.05) is 12.1 Å². The molecule has 1 radical (unpaired) electrons. The molecule has 2 nitrogen and oxygen atoms in total. The van der Waals surface area contributed by atoms with Gasteiger partial charge < -0.3 is 5.21 Å². The quantitative estimate of drug-likeness (QED) is 0.387. The van der Waals surface area contributed by atoms with Crippen LogP contribution >= 0.6 is 0 Å². The first kappa shape index (κ1) is 7.79. The molecule has 2 heteroatoms. The second-order valence-electron chi connectivity index (χ2n) is 2.22. The molecule has 0 spiro atoms. The third-order valence-corrected chi connectivity index (χ3v) is 1.57. The standard InChI is InChI=1S/C9H10NO/c1-2-8-5-3-4-6-9(8)7-10-11/h4-7,11H,2H2,1H3/b10-7-. The molecule has 0 aliphatic carbocycles. The highest BCUT2D eigenvalue weighted by atomic mass is 16.4. The van der Waals surface area contributed by atoms with Gasteiger partial charge in [-0.15, -0.1) is 0 Å². The van der Waals surface area contributed by atoms with Crippen LogP contribution < -0.4 is 0 Å².